The molecule has 1 aromatic heterocycles. The minimum atomic E-state index is -0.855. The quantitative estimate of drug-likeness (QED) is 0.428. The molecule has 0 bridgehead atoms. The summed E-state index contributed by atoms with van der Waals surface area (Å²) in [6.07, 6.45) is 1.02. The van der Waals surface area contributed by atoms with Crippen molar-refractivity contribution < 1.29 is 28.6 Å². The second kappa shape index (κ2) is 11.2. The summed E-state index contributed by atoms with van der Waals surface area (Å²) in [5, 5.41) is 2.66. The monoisotopic (exact) mass is 638 g/mol. The number of alkyl carbamates (subject to hydrolysis) is 1. The number of rotatable bonds is 5. The molecule has 0 aliphatic carbocycles. The normalized spacial score (nSPS) is 17.9. The Morgan fingerprint density at radius 1 is 1.10 bits per heavy atom. The topological polar surface area (TPSA) is 129 Å². The third-order valence-electron chi connectivity index (χ3n) is 7.82. The number of benzene rings is 2. The van der Waals surface area contributed by atoms with Gasteiger partial charge in [-0.2, -0.15) is 0 Å². The van der Waals surface area contributed by atoms with E-state index in [2.05, 4.69) is 31.2 Å². The van der Waals surface area contributed by atoms with Crippen molar-refractivity contribution in [2.45, 2.75) is 39.0 Å². The highest BCUT2D eigenvalue weighted by molar-refractivity contribution is 9.10. The number of amides is 4. The van der Waals surface area contributed by atoms with Crippen LogP contribution in [0.5, 0.6) is 11.5 Å². The number of imidazole rings is 1. The van der Waals surface area contributed by atoms with E-state index < -0.39 is 18.2 Å². The van der Waals surface area contributed by atoms with E-state index in [0.29, 0.717) is 30.4 Å². The minimum Gasteiger partial charge on any atom is -0.454 e. The van der Waals surface area contributed by atoms with Gasteiger partial charge < -0.3 is 39.2 Å². The van der Waals surface area contributed by atoms with Crippen LogP contribution in [0.25, 0.3) is 11.3 Å². The zero-order valence-corrected chi connectivity index (χ0v) is 25.0. The zero-order valence-electron chi connectivity index (χ0n) is 23.4. The van der Waals surface area contributed by atoms with Crippen molar-refractivity contribution in [1.82, 2.24) is 30.0 Å². The van der Waals surface area contributed by atoms with Gasteiger partial charge in [0.25, 0.3) is 0 Å². The number of aromatic amines is 1. The zero-order chi connectivity index (χ0) is 29.5. The van der Waals surface area contributed by atoms with Gasteiger partial charge in [0.15, 0.2) is 11.5 Å². The number of hydrogen-bond donors (Lipinski definition) is 2. The average molecular weight is 640 g/mol. The molecule has 13 heteroatoms. The first kappa shape index (κ1) is 27.9. The molecule has 4 amide bonds. The van der Waals surface area contributed by atoms with Gasteiger partial charge in [-0.1, -0.05) is 48.0 Å². The van der Waals surface area contributed by atoms with Crippen molar-refractivity contribution in [3.63, 3.8) is 0 Å². The van der Waals surface area contributed by atoms with Gasteiger partial charge >= 0.3 is 12.1 Å². The lowest BCUT2D eigenvalue weighted by molar-refractivity contribution is -0.135. The molecule has 220 valence electrons. The molecular weight excluding hydrogens is 608 g/mol. The van der Waals surface area contributed by atoms with Crippen LogP contribution in [-0.2, 0) is 22.6 Å². The number of H-pyrrole nitrogens is 1. The lowest BCUT2D eigenvalue weighted by Gasteiger charge is -2.29. The molecular formula is C29H31BrN6O6. The van der Waals surface area contributed by atoms with Crippen molar-refractivity contribution in [1.29, 1.82) is 0 Å². The molecule has 6 rings (SSSR count). The maximum Gasteiger partial charge on any atom is 0.407 e. The predicted molar refractivity (Wildman–Crippen MR) is 154 cm³/mol. The van der Waals surface area contributed by atoms with Crippen LogP contribution in [0.3, 0.4) is 0 Å². The Balaban J connectivity index is 1.27. The number of urea groups is 1. The molecule has 2 atom stereocenters. The van der Waals surface area contributed by atoms with Gasteiger partial charge in [0.05, 0.1) is 38.8 Å². The van der Waals surface area contributed by atoms with Crippen LogP contribution in [0.15, 0.2) is 47.1 Å². The van der Waals surface area contributed by atoms with Gasteiger partial charge in [-0.05, 0) is 35.2 Å². The first-order valence-electron chi connectivity index (χ1n) is 13.6. The molecule has 2 aromatic carbocycles. The van der Waals surface area contributed by atoms with Gasteiger partial charge in [0.1, 0.15) is 17.9 Å². The van der Waals surface area contributed by atoms with Crippen molar-refractivity contribution in [3.8, 4) is 22.8 Å². The second-order valence-electron chi connectivity index (χ2n) is 10.8. The molecule has 0 unspecified atom stereocenters. The number of carbonyl (C=O) groups excluding carboxylic acids is 3. The molecule has 12 nitrogen and oxygen atoms in total. The number of fused-ring (bicyclic) bond motifs is 3. The highest BCUT2D eigenvalue weighted by atomic mass is 79.9. The fraction of sp³-hybridized carbons (Fsp3) is 0.379. The SMILES string of the molecule is COC(=O)N[C@H](C(=O)N1CN(C(=O)N2Cc3ccc4c(c3C2)OCO4)C[C@H]1c1ncc(-c2ccc(Br)cc2)[nH]1)C(C)C. The third-order valence-corrected chi connectivity index (χ3v) is 8.35. The largest absolute Gasteiger partial charge is 0.454 e. The van der Waals surface area contributed by atoms with Gasteiger partial charge in [-0.15, -0.1) is 0 Å². The Morgan fingerprint density at radius 3 is 2.62 bits per heavy atom. The summed E-state index contributed by atoms with van der Waals surface area (Å²) in [6.45, 7) is 4.91. The highest BCUT2D eigenvalue weighted by Crippen LogP contribution is 2.42. The van der Waals surface area contributed by atoms with E-state index in [0.717, 1.165) is 26.9 Å². The van der Waals surface area contributed by atoms with Crippen LogP contribution in [0.2, 0.25) is 0 Å². The molecule has 0 spiro atoms. The first-order chi connectivity index (χ1) is 20.2. The number of ether oxygens (including phenoxy) is 3. The van der Waals surface area contributed by atoms with Crippen LogP contribution in [0.4, 0.5) is 9.59 Å². The summed E-state index contributed by atoms with van der Waals surface area (Å²) in [5.41, 5.74) is 3.66. The Kier molecular flexibility index (Phi) is 7.43. The smallest absolute Gasteiger partial charge is 0.407 e. The maximum atomic E-state index is 14.0. The van der Waals surface area contributed by atoms with E-state index in [1.54, 1.807) is 20.9 Å². The van der Waals surface area contributed by atoms with Crippen LogP contribution in [-0.4, -0.2) is 75.9 Å². The van der Waals surface area contributed by atoms with Crippen LogP contribution < -0.4 is 14.8 Å². The summed E-state index contributed by atoms with van der Waals surface area (Å²) in [4.78, 5) is 52.9. The minimum absolute atomic E-state index is 0.0350. The van der Waals surface area contributed by atoms with Gasteiger partial charge in [0.2, 0.25) is 12.7 Å². The number of carbonyl (C=O) groups is 3. The standard InChI is InChI=1S/C29H31BrN6O6/c1-16(2)24(33-28(38)40-3)27(37)36-14-35(13-22(36)26-31-10-21(32-26)17-4-7-19(30)8-5-17)29(39)34-11-18-6-9-23-25(20(18)12-34)42-15-41-23/h4-10,16,22,24H,11-15H2,1-3H3,(H,31,32)(H,33,38)/t22-,24-/m0/s1. The lowest BCUT2D eigenvalue weighted by atomic mass is 10.0. The molecule has 0 radical (unpaired) electrons. The van der Waals surface area contributed by atoms with Crippen LogP contribution in [0, 0.1) is 5.92 Å². The maximum absolute atomic E-state index is 14.0. The van der Waals surface area contributed by atoms with E-state index in [4.69, 9.17) is 14.2 Å². The molecule has 42 heavy (non-hydrogen) atoms. The van der Waals surface area contributed by atoms with Gasteiger partial charge in [-0.3, -0.25) is 4.79 Å². The van der Waals surface area contributed by atoms with Gasteiger partial charge in [-0.25, -0.2) is 14.6 Å². The van der Waals surface area contributed by atoms with Crippen LogP contribution in [0.1, 0.15) is 36.8 Å². The number of hydrogen-bond acceptors (Lipinski definition) is 7. The van der Waals surface area contributed by atoms with E-state index in [1.165, 1.54) is 7.11 Å². The van der Waals surface area contributed by atoms with Crippen molar-refractivity contribution >= 4 is 34.0 Å². The van der Waals surface area contributed by atoms with Gasteiger partial charge in [0, 0.05) is 16.6 Å². The van der Waals surface area contributed by atoms with Crippen molar-refractivity contribution in [3.05, 3.63) is 64.0 Å². The average Bonchev–Trinajstić information content (AvgIpc) is 3.79. The van der Waals surface area contributed by atoms with E-state index in [1.807, 2.05) is 50.2 Å². The van der Waals surface area contributed by atoms with Crippen molar-refractivity contribution in [2.75, 3.05) is 27.1 Å². The molecule has 1 fully saturated rings. The van der Waals surface area contributed by atoms with E-state index in [-0.39, 0.29) is 37.9 Å². The Bertz CT molecular complexity index is 1530. The van der Waals surface area contributed by atoms with E-state index >= 15 is 0 Å². The summed E-state index contributed by atoms with van der Waals surface area (Å²) in [7, 11) is 1.25. The molecule has 0 saturated carbocycles. The fourth-order valence-corrected chi connectivity index (χ4v) is 5.85. The van der Waals surface area contributed by atoms with E-state index in [9.17, 15) is 14.4 Å². The molecule has 2 N–H and O–H groups in total. The highest BCUT2D eigenvalue weighted by Gasteiger charge is 2.44. The number of nitrogens with one attached hydrogen (secondary N) is 2. The summed E-state index contributed by atoms with van der Waals surface area (Å²) in [5.74, 6) is 1.35. The molecule has 3 aromatic rings. The Hall–Kier alpha value is -4.26. The van der Waals surface area contributed by atoms with Crippen LogP contribution >= 0.6 is 15.9 Å². The fourth-order valence-electron chi connectivity index (χ4n) is 5.58. The molecule has 3 aliphatic rings. The molecule has 4 heterocycles. The third kappa shape index (κ3) is 5.13. The number of aromatic nitrogens is 2. The number of halogens is 1. The number of nitrogens with zero attached hydrogens (tertiary/aromatic N) is 4. The molecule has 3 aliphatic heterocycles. The van der Waals surface area contributed by atoms with Crippen molar-refractivity contribution in [2.24, 2.45) is 5.92 Å². The Morgan fingerprint density at radius 2 is 1.88 bits per heavy atom. The second-order valence-corrected chi connectivity index (χ2v) is 11.7. The summed E-state index contributed by atoms with van der Waals surface area (Å²) < 4.78 is 16.9. The lowest BCUT2D eigenvalue weighted by Crippen LogP contribution is -2.52. The summed E-state index contributed by atoms with van der Waals surface area (Å²) in [6, 6.07) is 9.99. The number of methoxy groups -OCH3 is 1. The predicted octanol–water partition coefficient (Wildman–Crippen LogP) is 4.23. The first-order valence-corrected chi connectivity index (χ1v) is 14.4. The Labute approximate surface area is 251 Å². The summed E-state index contributed by atoms with van der Waals surface area (Å²) >= 11 is 3.46. The molecule has 1 saturated heterocycles.